The zero-order valence-corrected chi connectivity index (χ0v) is 14.3. The van der Waals surface area contributed by atoms with Crippen LogP contribution in [0.1, 0.15) is 23.5 Å². The minimum Gasteiger partial charge on any atom is -0.369 e. The van der Waals surface area contributed by atoms with Gasteiger partial charge in [-0.15, -0.1) is 0 Å². The molecule has 0 aliphatic heterocycles. The third kappa shape index (κ3) is 3.31. The monoisotopic (exact) mass is 344 g/mol. The van der Waals surface area contributed by atoms with Gasteiger partial charge in [0.15, 0.2) is 0 Å². The summed E-state index contributed by atoms with van der Waals surface area (Å²) in [6, 6.07) is 21.8. The van der Waals surface area contributed by atoms with Crippen LogP contribution in [0.15, 0.2) is 66.7 Å². The summed E-state index contributed by atoms with van der Waals surface area (Å²) in [6.45, 7) is 0. The second-order valence-corrected chi connectivity index (χ2v) is 6.85. The van der Waals surface area contributed by atoms with Crippen molar-refractivity contribution in [3.63, 3.8) is 0 Å². The highest BCUT2D eigenvalue weighted by atomic mass is 16.2. The van der Waals surface area contributed by atoms with Gasteiger partial charge in [0.1, 0.15) is 0 Å². The lowest BCUT2D eigenvalue weighted by molar-refractivity contribution is -0.118. The van der Waals surface area contributed by atoms with Crippen LogP contribution in [0.5, 0.6) is 0 Å². The van der Waals surface area contributed by atoms with Crippen LogP contribution in [-0.2, 0) is 16.0 Å². The molecule has 0 heterocycles. The highest BCUT2D eigenvalue weighted by Crippen LogP contribution is 2.49. The fourth-order valence-corrected chi connectivity index (χ4v) is 3.54. The lowest BCUT2D eigenvalue weighted by atomic mass is 10.00. The van der Waals surface area contributed by atoms with Gasteiger partial charge in [-0.05, 0) is 46.4 Å². The highest BCUT2D eigenvalue weighted by molar-refractivity contribution is 5.96. The smallest absolute Gasteiger partial charge is 0.228 e. The van der Waals surface area contributed by atoms with Crippen LogP contribution >= 0.6 is 0 Å². The van der Waals surface area contributed by atoms with Crippen LogP contribution in [0.4, 0.5) is 5.69 Å². The quantitative estimate of drug-likeness (QED) is 0.742. The van der Waals surface area contributed by atoms with Crippen molar-refractivity contribution < 1.29 is 9.59 Å². The third-order valence-electron chi connectivity index (χ3n) is 4.95. The van der Waals surface area contributed by atoms with E-state index >= 15 is 0 Å². The van der Waals surface area contributed by atoms with E-state index < -0.39 is 0 Å². The average Bonchev–Trinajstić information content (AvgIpc) is 3.43. The highest BCUT2D eigenvalue weighted by Gasteiger charge is 2.44. The molecule has 0 spiro atoms. The fourth-order valence-electron chi connectivity index (χ4n) is 3.54. The molecule has 4 nitrogen and oxygen atoms in total. The summed E-state index contributed by atoms with van der Waals surface area (Å²) in [5.74, 6) is -0.0374. The second kappa shape index (κ2) is 6.64. The molecule has 1 saturated carbocycles. The van der Waals surface area contributed by atoms with E-state index in [1.165, 1.54) is 16.3 Å². The fraction of sp³-hybridized carbons (Fsp3) is 0.182. The van der Waals surface area contributed by atoms with Crippen LogP contribution in [-0.4, -0.2) is 11.8 Å². The molecule has 0 aromatic heterocycles. The Morgan fingerprint density at radius 1 is 0.962 bits per heavy atom. The van der Waals surface area contributed by atoms with Gasteiger partial charge >= 0.3 is 0 Å². The van der Waals surface area contributed by atoms with Crippen LogP contribution in [0.25, 0.3) is 10.8 Å². The van der Waals surface area contributed by atoms with Crippen LogP contribution in [0, 0.1) is 5.92 Å². The molecule has 1 fully saturated rings. The molecule has 0 unspecified atom stereocenters. The standard InChI is InChI=1S/C22H20N2O2/c23-21(25)12-14-8-10-16(11-9-14)24-22(26)20-13-19(20)18-7-3-5-15-4-1-2-6-17(15)18/h1-11,19-20H,12-13H2,(H2,23,25)(H,24,26)/t19-,20+/m1/s1. The number of hydrogen-bond acceptors (Lipinski definition) is 2. The molecule has 1 aliphatic carbocycles. The lowest BCUT2D eigenvalue weighted by Crippen LogP contribution is -2.15. The number of rotatable bonds is 5. The van der Waals surface area contributed by atoms with Crippen molar-refractivity contribution in [3.05, 3.63) is 77.9 Å². The summed E-state index contributed by atoms with van der Waals surface area (Å²) in [7, 11) is 0. The van der Waals surface area contributed by atoms with Crippen molar-refractivity contribution in [2.75, 3.05) is 5.32 Å². The SMILES string of the molecule is NC(=O)Cc1ccc(NC(=O)[C@H]2C[C@@H]2c2cccc3ccccc23)cc1. The molecule has 2 atom stereocenters. The summed E-state index contributed by atoms with van der Waals surface area (Å²) in [4.78, 5) is 23.5. The summed E-state index contributed by atoms with van der Waals surface area (Å²) >= 11 is 0. The second-order valence-electron chi connectivity index (χ2n) is 6.85. The maximum atomic E-state index is 12.6. The van der Waals surface area contributed by atoms with Crippen LogP contribution in [0.3, 0.4) is 0 Å². The summed E-state index contributed by atoms with van der Waals surface area (Å²) < 4.78 is 0. The number of carbonyl (C=O) groups is 2. The molecule has 0 bridgehead atoms. The van der Waals surface area contributed by atoms with Crippen LogP contribution < -0.4 is 11.1 Å². The predicted molar refractivity (Wildman–Crippen MR) is 103 cm³/mol. The van der Waals surface area contributed by atoms with E-state index in [1.807, 2.05) is 36.4 Å². The number of hydrogen-bond donors (Lipinski definition) is 2. The van der Waals surface area contributed by atoms with Crippen molar-refractivity contribution >= 4 is 28.3 Å². The molecule has 2 amide bonds. The molecular weight excluding hydrogens is 324 g/mol. The number of primary amides is 1. The number of nitrogens with two attached hydrogens (primary N) is 1. The first-order valence-corrected chi connectivity index (χ1v) is 8.77. The van der Waals surface area contributed by atoms with E-state index in [-0.39, 0.29) is 30.1 Å². The van der Waals surface area contributed by atoms with Crippen molar-refractivity contribution in [3.8, 4) is 0 Å². The number of benzene rings is 3. The molecule has 4 rings (SSSR count). The van der Waals surface area contributed by atoms with E-state index in [9.17, 15) is 9.59 Å². The van der Waals surface area contributed by atoms with Gasteiger partial charge in [0, 0.05) is 11.6 Å². The van der Waals surface area contributed by atoms with Crippen molar-refractivity contribution in [1.29, 1.82) is 0 Å². The van der Waals surface area contributed by atoms with Crippen molar-refractivity contribution in [1.82, 2.24) is 0 Å². The Kier molecular flexibility index (Phi) is 4.17. The minimum absolute atomic E-state index is 0.00565. The van der Waals surface area contributed by atoms with Gasteiger partial charge in [0.2, 0.25) is 11.8 Å². The number of fused-ring (bicyclic) bond motifs is 1. The molecule has 0 radical (unpaired) electrons. The number of anilines is 1. The summed E-state index contributed by atoms with van der Waals surface area (Å²) in [5.41, 5.74) is 8.03. The Bertz CT molecular complexity index is 974. The Morgan fingerprint density at radius 3 is 2.46 bits per heavy atom. The number of carbonyl (C=O) groups excluding carboxylic acids is 2. The molecule has 3 aromatic carbocycles. The van der Waals surface area contributed by atoms with Gasteiger partial charge < -0.3 is 11.1 Å². The van der Waals surface area contributed by atoms with E-state index in [2.05, 4.69) is 35.6 Å². The maximum absolute atomic E-state index is 12.6. The van der Waals surface area contributed by atoms with Gasteiger partial charge in [-0.3, -0.25) is 9.59 Å². The topological polar surface area (TPSA) is 72.2 Å². The van der Waals surface area contributed by atoms with E-state index in [1.54, 1.807) is 0 Å². The molecular formula is C22H20N2O2. The molecule has 3 N–H and O–H groups in total. The van der Waals surface area contributed by atoms with Crippen molar-refractivity contribution in [2.45, 2.75) is 18.8 Å². The van der Waals surface area contributed by atoms with E-state index in [0.717, 1.165) is 17.7 Å². The first kappa shape index (κ1) is 16.3. The molecule has 0 saturated heterocycles. The number of nitrogens with one attached hydrogen (secondary N) is 1. The Morgan fingerprint density at radius 2 is 1.69 bits per heavy atom. The first-order chi connectivity index (χ1) is 12.6. The van der Waals surface area contributed by atoms with E-state index in [4.69, 9.17) is 5.73 Å². The predicted octanol–water partition coefficient (Wildman–Crippen LogP) is 3.61. The Labute approximate surface area is 152 Å². The molecule has 4 heteroatoms. The zero-order valence-electron chi connectivity index (χ0n) is 14.3. The van der Waals surface area contributed by atoms with Gasteiger partial charge in [-0.2, -0.15) is 0 Å². The zero-order chi connectivity index (χ0) is 18.1. The van der Waals surface area contributed by atoms with Crippen LogP contribution in [0.2, 0.25) is 0 Å². The average molecular weight is 344 g/mol. The molecule has 1 aliphatic rings. The first-order valence-electron chi connectivity index (χ1n) is 8.77. The Balaban J connectivity index is 1.45. The van der Waals surface area contributed by atoms with Gasteiger partial charge in [0.05, 0.1) is 6.42 Å². The molecule has 26 heavy (non-hydrogen) atoms. The third-order valence-corrected chi connectivity index (χ3v) is 4.95. The Hall–Kier alpha value is -3.14. The minimum atomic E-state index is -0.363. The summed E-state index contributed by atoms with van der Waals surface area (Å²) in [5, 5.41) is 5.41. The summed E-state index contributed by atoms with van der Waals surface area (Å²) in [6.07, 6.45) is 1.08. The molecule has 130 valence electrons. The maximum Gasteiger partial charge on any atom is 0.228 e. The van der Waals surface area contributed by atoms with E-state index in [0.29, 0.717) is 0 Å². The number of amides is 2. The largest absolute Gasteiger partial charge is 0.369 e. The van der Waals surface area contributed by atoms with Gasteiger partial charge in [-0.1, -0.05) is 54.6 Å². The normalized spacial score (nSPS) is 18.5. The van der Waals surface area contributed by atoms with Gasteiger partial charge in [-0.25, -0.2) is 0 Å². The molecule has 3 aromatic rings. The van der Waals surface area contributed by atoms with Crippen molar-refractivity contribution in [2.24, 2.45) is 11.7 Å². The van der Waals surface area contributed by atoms with Gasteiger partial charge in [0.25, 0.3) is 0 Å². The lowest BCUT2D eigenvalue weighted by Gasteiger charge is -2.08.